The van der Waals surface area contributed by atoms with E-state index < -0.39 is 0 Å². The average Bonchev–Trinajstić information content (AvgIpc) is 2.74. The van der Waals surface area contributed by atoms with E-state index in [-0.39, 0.29) is 5.91 Å². The number of aryl methyl sites for hydroxylation is 1. The Morgan fingerprint density at radius 1 is 1.45 bits per heavy atom. The molecule has 0 unspecified atom stereocenters. The van der Waals surface area contributed by atoms with Crippen molar-refractivity contribution in [1.29, 1.82) is 0 Å². The van der Waals surface area contributed by atoms with E-state index in [9.17, 15) is 4.79 Å². The number of thiophene rings is 1. The van der Waals surface area contributed by atoms with Gasteiger partial charge in [0.15, 0.2) is 0 Å². The number of rotatable bonds is 6. The van der Waals surface area contributed by atoms with E-state index in [1.54, 1.807) is 11.3 Å². The number of halogens is 1. The Labute approximate surface area is 135 Å². The first-order valence-corrected chi connectivity index (χ1v) is 8.64. The highest BCUT2D eigenvalue weighted by molar-refractivity contribution is 9.10. The van der Waals surface area contributed by atoms with Gasteiger partial charge in [0, 0.05) is 31.4 Å². The van der Waals surface area contributed by atoms with Crippen LogP contribution in [0.2, 0.25) is 0 Å². The molecule has 1 aromatic carbocycles. The van der Waals surface area contributed by atoms with Crippen LogP contribution >= 0.6 is 39.0 Å². The Kier molecular flexibility index (Phi) is 5.51. The molecule has 0 aliphatic carbocycles. The molecule has 0 atom stereocenters. The van der Waals surface area contributed by atoms with Crippen LogP contribution in [0, 0.1) is 6.92 Å². The Bertz CT molecular complexity index is 593. The van der Waals surface area contributed by atoms with Crippen molar-refractivity contribution in [3.05, 3.63) is 44.6 Å². The molecule has 2 rings (SSSR count). The molecule has 1 aromatic heterocycles. The Balaban J connectivity index is 2.03. The van der Waals surface area contributed by atoms with Crippen LogP contribution in [-0.2, 0) is 11.3 Å². The van der Waals surface area contributed by atoms with Crippen LogP contribution in [0.1, 0.15) is 9.75 Å². The lowest BCUT2D eigenvalue weighted by atomic mass is 10.3. The number of nitrogens with two attached hydrogens (primary N) is 1. The minimum absolute atomic E-state index is 0.294. The first-order valence-electron chi connectivity index (χ1n) is 6.05. The van der Waals surface area contributed by atoms with Crippen LogP contribution in [-0.4, -0.2) is 11.7 Å². The van der Waals surface area contributed by atoms with Crippen molar-refractivity contribution in [2.75, 3.05) is 11.1 Å². The number of amides is 1. The first kappa shape index (κ1) is 15.4. The molecule has 3 N–H and O–H groups in total. The summed E-state index contributed by atoms with van der Waals surface area (Å²) >= 11 is 6.75. The summed E-state index contributed by atoms with van der Waals surface area (Å²) in [6.45, 7) is 2.86. The maximum absolute atomic E-state index is 10.9. The monoisotopic (exact) mass is 370 g/mol. The lowest BCUT2D eigenvalue weighted by molar-refractivity contribution is -0.115. The fourth-order valence-electron chi connectivity index (χ4n) is 1.67. The maximum atomic E-state index is 10.9. The van der Waals surface area contributed by atoms with Crippen molar-refractivity contribution >= 4 is 50.6 Å². The van der Waals surface area contributed by atoms with Crippen LogP contribution in [0.15, 0.2) is 39.7 Å². The SMILES string of the molecule is Cc1sc(CNc2ccccc2SCC(N)=O)cc1Br. The van der Waals surface area contributed by atoms with Crippen LogP contribution in [0.5, 0.6) is 0 Å². The van der Waals surface area contributed by atoms with Crippen molar-refractivity contribution in [3.8, 4) is 0 Å². The lowest BCUT2D eigenvalue weighted by Gasteiger charge is -2.10. The van der Waals surface area contributed by atoms with Crippen LogP contribution < -0.4 is 11.1 Å². The van der Waals surface area contributed by atoms with E-state index in [0.29, 0.717) is 5.75 Å². The molecule has 0 saturated heterocycles. The molecular weight excluding hydrogens is 356 g/mol. The molecule has 0 spiro atoms. The third-order valence-electron chi connectivity index (χ3n) is 2.62. The number of para-hydroxylation sites is 1. The van der Waals surface area contributed by atoms with Gasteiger partial charge in [-0.1, -0.05) is 12.1 Å². The molecule has 6 heteroatoms. The van der Waals surface area contributed by atoms with Gasteiger partial charge in [-0.05, 0) is 41.1 Å². The van der Waals surface area contributed by atoms with Crippen LogP contribution in [0.3, 0.4) is 0 Å². The number of carbonyl (C=O) groups excluding carboxylic acids is 1. The van der Waals surface area contributed by atoms with E-state index in [1.807, 2.05) is 24.3 Å². The van der Waals surface area contributed by atoms with Crippen molar-refractivity contribution in [3.63, 3.8) is 0 Å². The van der Waals surface area contributed by atoms with Gasteiger partial charge in [-0.2, -0.15) is 0 Å². The molecule has 0 aliphatic heterocycles. The van der Waals surface area contributed by atoms with Gasteiger partial charge in [-0.15, -0.1) is 23.1 Å². The van der Waals surface area contributed by atoms with E-state index in [4.69, 9.17) is 5.73 Å². The fraction of sp³-hybridized carbons (Fsp3) is 0.214. The molecule has 0 bridgehead atoms. The first-order chi connectivity index (χ1) is 9.56. The minimum atomic E-state index is -0.303. The zero-order valence-electron chi connectivity index (χ0n) is 11.0. The normalized spacial score (nSPS) is 10.5. The second kappa shape index (κ2) is 7.15. The molecule has 1 amide bonds. The van der Waals surface area contributed by atoms with Gasteiger partial charge in [0.25, 0.3) is 0 Å². The predicted octanol–water partition coefficient (Wildman–Crippen LogP) is 4.01. The molecule has 2 aromatic rings. The van der Waals surface area contributed by atoms with E-state index in [0.717, 1.165) is 21.6 Å². The maximum Gasteiger partial charge on any atom is 0.227 e. The third-order valence-corrected chi connectivity index (χ3v) is 5.85. The minimum Gasteiger partial charge on any atom is -0.379 e. The highest BCUT2D eigenvalue weighted by atomic mass is 79.9. The number of primary amides is 1. The van der Waals surface area contributed by atoms with Crippen LogP contribution in [0.4, 0.5) is 5.69 Å². The summed E-state index contributed by atoms with van der Waals surface area (Å²) < 4.78 is 1.15. The number of benzene rings is 1. The van der Waals surface area contributed by atoms with Crippen molar-refractivity contribution < 1.29 is 4.79 Å². The topological polar surface area (TPSA) is 55.1 Å². The van der Waals surface area contributed by atoms with Crippen molar-refractivity contribution in [2.24, 2.45) is 5.73 Å². The standard InChI is InChI=1S/C14H15BrN2OS2/c1-9-11(15)6-10(20-9)7-17-12-4-2-3-5-13(12)19-8-14(16)18/h2-6,17H,7-8H2,1H3,(H2,16,18). The zero-order valence-corrected chi connectivity index (χ0v) is 14.2. The number of hydrogen-bond acceptors (Lipinski definition) is 4. The van der Waals surface area contributed by atoms with Gasteiger partial charge < -0.3 is 11.1 Å². The molecule has 0 saturated carbocycles. The van der Waals surface area contributed by atoms with Crippen LogP contribution in [0.25, 0.3) is 0 Å². The Morgan fingerprint density at radius 3 is 2.85 bits per heavy atom. The summed E-state index contributed by atoms with van der Waals surface area (Å²) in [7, 11) is 0. The van der Waals surface area contributed by atoms with Gasteiger partial charge in [0.05, 0.1) is 5.75 Å². The molecule has 1 heterocycles. The molecule has 3 nitrogen and oxygen atoms in total. The van der Waals surface area contributed by atoms with Crippen molar-refractivity contribution in [2.45, 2.75) is 18.4 Å². The number of anilines is 1. The second-order valence-electron chi connectivity index (χ2n) is 4.22. The summed E-state index contributed by atoms with van der Waals surface area (Å²) in [6, 6.07) is 10.1. The third kappa shape index (κ3) is 4.26. The number of carbonyl (C=O) groups is 1. The van der Waals surface area contributed by atoms with E-state index >= 15 is 0 Å². The van der Waals surface area contributed by atoms with E-state index in [1.165, 1.54) is 21.5 Å². The molecule has 0 fully saturated rings. The Morgan fingerprint density at radius 2 is 2.20 bits per heavy atom. The molecule has 20 heavy (non-hydrogen) atoms. The smallest absolute Gasteiger partial charge is 0.227 e. The van der Waals surface area contributed by atoms with Gasteiger partial charge >= 0.3 is 0 Å². The quantitative estimate of drug-likeness (QED) is 0.755. The summed E-state index contributed by atoms with van der Waals surface area (Å²) in [4.78, 5) is 14.5. The molecular formula is C14H15BrN2OS2. The molecule has 106 valence electrons. The predicted molar refractivity (Wildman–Crippen MR) is 90.4 cm³/mol. The van der Waals surface area contributed by atoms with Gasteiger partial charge in [0.2, 0.25) is 5.91 Å². The van der Waals surface area contributed by atoms with Gasteiger partial charge in [0.1, 0.15) is 0 Å². The Hall–Kier alpha value is -0.980. The second-order valence-corrected chi connectivity index (χ2v) is 7.43. The zero-order chi connectivity index (χ0) is 14.5. The van der Waals surface area contributed by atoms with E-state index in [2.05, 4.69) is 34.2 Å². The summed E-state index contributed by atoms with van der Waals surface area (Å²) in [5, 5.41) is 3.41. The number of hydrogen-bond donors (Lipinski definition) is 2. The lowest BCUT2D eigenvalue weighted by Crippen LogP contribution is -2.13. The fourth-order valence-corrected chi connectivity index (χ4v) is 3.98. The largest absolute Gasteiger partial charge is 0.379 e. The average molecular weight is 371 g/mol. The summed E-state index contributed by atoms with van der Waals surface area (Å²) in [5.74, 6) is -0.00913. The highest BCUT2D eigenvalue weighted by Gasteiger charge is 2.06. The van der Waals surface area contributed by atoms with Gasteiger partial charge in [-0.3, -0.25) is 4.79 Å². The molecule has 0 aliphatic rings. The van der Waals surface area contributed by atoms with Crippen molar-refractivity contribution in [1.82, 2.24) is 0 Å². The molecule has 0 radical (unpaired) electrons. The highest BCUT2D eigenvalue weighted by Crippen LogP contribution is 2.29. The van der Waals surface area contributed by atoms with Gasteiger partial charge in [-0.25, -0.2) is 0 Å². The summed E-state index contributed by atoms with van der Waals surface area (Å²) in [6.07, 6.45) is 0. The summed E-state index contributed by atoms with van der Waals surface area (Å²) in [5.41, 5.74) is 6.22. The number of nitrogens with one attached hydrogen (secondary N) is 1. The number of thioether (sulfide) groups is 1.